The van der Waals surface area contributed by atoms with Crippen molar-refractivity contribution in [3.8, 4) is 5.88 Å². The van der Waals surface area contributed by atoms with Crippen molar-refractivity contribution >= 4 is 29.2 Å². The first kappa shape index (κ1) is 21.6. The summed E-state index contributed by atoms with van der Waals surface area (Å²) in [7, 11) is 0. The predicted octanol–water partition coefficient (Wildman–Crippen LogP) is 4.55. The summed E-state index contributed by atoms with van der Waals surface area (Å²) >= 11 is 6.17. The third-order valence-corrected chi connectivity index (χ3v) is 6.90. The topological polar surface area (TPSA) is 92.6 Å². The second-order valence-corrected chi connectivity index (χ2v) is 8.87. The Morgan fingerprint density at radius 3 is 2.52 bits per heavy atom. The average Bonchev–Trinajstić information content (AvgIpc) is 2.90. The minimum atomic E-state index is -0.708. The van der Waals surface area contributed by atoms with Crippen molar-refractivity contribution in [3.63, 3.8) is 0 Å². The van der Waals surface area contributed by atoms with Gasteiger partial charge in [-0.2, -0.15) is 0 Å². The van der Waals surface area contributed by atoms with Crippen LogP contribution in [0.4, 0.5) is 5.69 Å². The lowest BCUT2D eigenvalue weighted by molar-refractivity contribution is -0.143. The van der Waals surface area contributed by atoms with Gasteiger partial charge in [0, 0.05) is 5.69 Å². The number of ether oxygens (including phenoxy) is 1. The van der Waals surface area contributed by atoms with E-state index in [0.29, 0.717) is 12.5 Å². The van der Waals surface area contributed by atoms with E-state index in [4.69, 9.17) is 16.3 Å². The van der Waals surface area contributed by atoms with Crippen molar-refractivity contribution in [2.45, 2.75) is 51.5 Å². The predicted molar refractivity (Wildman–Crippen MR) is 117 cm³/mol. The van der Waals surface area contributed by atoms with E-state index in [2.05, 4.69) is 22.1 Å². The minimum Gasteiger partial charge on any atom is -0.481 e. The first-order chi connectivity index (χ1) is 14.9. The van der Waals surface area contributed by atoms with Gasteiger partial charge >= 0.3 is 5.97 Å². The van der Waals surface area contributed by atoms with Crippen LogP contribution in [0.3, 0.4) is 0 Å². The van der Waals surface area contributed by atoms with Crippen molar-refractivity contribution in [2.75, 3.05) is 11.5 Å². The fourth-order valence-electron chi connectivity index (χ4n) is 4.67. The lowest BCUT2D eigenvalue weighted by atomic mass is 9.74. The summed E-state index contributed by atoms with van der Waals surface area (Å²) in [4.78, 5) is 34.2. The zero-order valence-corrected chi connectivity index (χ0v) is 18.4. The number of fused-ring (bicyclic) bond motifs is 1. The third-order valence-electron chi connectivity index (χ3n) is 6.61. The number of carbonyl (C=O) groups is 2. The molecule has 1 aliphatic carbocycles. The van der Waals surface area contributed by atoms with Crippen LogP contribution in [0.1, 0.15) is 61.4 Å². The number of aromatic nitrogens is 2. The van der Waals surface area contributed by atoms with Crippen molar-refractivity contribution < 1.29 is 19.4 Å². The smallest absolute Gasteiger partial charge is 0.306 e. The van der Waals surface area contributed by atoms with E-state index in [1.807, 2.05) is 19.1 Å². The first-order valence-electron chi connectivity index (χ1n) is 10.7. The monoisotopic (exact) mass is 443 g/mol. The molecule has 164 valence electrons. The lowest BCUT2D eigenvalue weighted by Crippen LogP contribution is -2.40. The Morgan fingerprint density at radius 2 is 1.87 bits per heavy atom. The number of carboxylic acid groups (broad SMARTS) is 1. The van der Waals surface area contributed by atoms with Crippen LogP contribution in [-0.4, -0.2) is 39.6 Å². The third kappa shape index (κ3) is 4.24. The average molecular weight is 444 g/mol. The molecule has 1 aliphatic heterocycles. The summed E-state index contributed by atoms with van der Waals surface area (Å²) in [5.41, 5.74) is 2.17. The second-order valence-electron chi connectivity index (χ2n) is 8.51. The molecule has 2 aliphatic rings. The zero-order chi connectivity index (χ0) is 22.1. The van der Waals surface area contributed by atoms with Crippen molar-refractivity contribution in [3.05, 3.63) is 46.9 Å². The maximum absolute atomic E-state index is 13.2. The number of nitrogens with zero attached hydrogens (tertiary/aromatic N) is 3. The molecule has 2 atom stereocenters. The molecule has 0 bridgehead atoms. The summed E-state index contributed by atoms with van der Waals surface area (Å²) in [6.07, 6.45) is 5.10. The molecule has 4 rings (SSSR count). The molecule has 2 heterocycles. The van der Waals surface area contributed by atoms with Crippen molar-refractivity contribution in [1.82, 2.24) is 9.97 Å². The highest BCUT2D eigenvalue weighted by Crippen LogP contribution is 2.39. The number of amides is 1. The van der Waals surface area contributed by atoms with Gasteiger partial charge in [0.25, 0.3) is 5.91 Å². The molecule has 2 aromatic rings. The van der Waals surface area contributed by atoms with Crippen LogP contribution >= 0.6 is 11.6 Å². The highest BCUT2D eigenvalue weighted by Gasteiger charge is 2.33. The maximum Gasteiger partial charge on any atom is 0.306 e. The molecular weight excluding hydrogens is 418 g/mol. The minimum absolute atomic E-state index is 0.0815. The Balaban J connectivity index is 1.51. The van der Waals surface area contributed by atoms with Crippen LogP contribution in [0.15, 0.2) is 30.6 Å². The Labute approximate surface area is 186 Å². The van der Waals surface area contributed by atoms with E-state index >= 15 is 0 Å². The van der Waals surface area contributed by atoms with Gasteiger partial charge in [-0.3, -0.25) is 9.59 Å². The number of rotatable bonds is 4. The number of carbonyl (C=O) groups excluding carboxylic acids is 1. The number of hydrogen-bond donors (Lipinski definition) is 1. The van der Waals surface area contributed by atoms with Gasteiger partial charge in [-0.25, -0.2) is 9.97 Å². The molecule has 0 spiro atoms. The lowest BCUT2D eigenvalue weighted by Gasteiger charge is -2.31. The Kier molecular flexibility index (Phi) is 6.14. The molecule has 31 heavy (non-hydrogen) atoms. The Bertz CT molecular complexity index is 973. The van der Waals surface area contributed by atoms with Gasteiger partial charge in [0.2, 0.25) is 5.88 Å². The normalized spacial score (nSPS) is 24.7. The molecule has 1 N–H and O–H groups in total. The van der Waals surface area contributed by atoms with Gasteiger partial charge in [-0.1, -0.05) is 30.7 Å². The SMILES string of the molecule is CC(C(=O)O)[C@H]1CC[C@H](c2ccc(N3C(=O)c4c(Cl)ncnc4OC[C@@H]3C)cc2)CC1. The number of anilines is 1. The zero-order valence-electron chi connectivity index (χ0n) is 17.6. The van der Waals surface area contributed by atoms with Gasteiger partial charge in [0.15, 0.2) is 0 Å². The van der Waals surface area contributed by atoms with Crippen LogP contribution in [0.25, 0.3) is 0 Å². The fourth-order valence-corrected chi connectivity index (χ4v) is 4.87. The van der Waals surface area contributed by atoms with Crippen molar-refractivity contribution in [1.29, 1.82) is 0 Å². The van der Waals surface area contributed by atoms with Crippen LogP contribution in [0.2, 0.25) is 5.15 Å². The molecule has 7 nitrogen and oxygen atoms in total. The highest BCUT2D eigenvalue weighted by atomic mass is 35.5. The quantitative estimate of drug-likeness (QED) is 0.696. The molecule has 1 aromatic carbocycles. The Hall–Kier alpha value is -2.67. The summed E-state index contributed by atoms with van der Waals surface area (Å²) in [6.45, 7) is 4.03. The molecule has 8 heteroatoms. The van der Waals surface area contributed by atoms with E-state index in [9.17, 15) is 14.7 Å². The molecule has 1 saturated carbocycles. The van der Waals surface area contributed by atoms with Gasteiger partial charge < -0.3 is 14.7 Å². The van der Waals surface area contributed by atoms with Crippen molar-refractivity contribution in [2.24, 2.45) is 11.8 Å². The molecule has 1 aromatic heterocycles. The number of halogens is 1. The number of hydrogen-bond acceptors (Lipinski definition) is 5. The highest BCUT2D eigenvalue weighted by molar-refractivity contribution is 6.33. The summed E-state index contributed by atoms with van der Waals surface area (Å²) < 4.78 is 5.69. The van der Waals surface area contributed by atoms with Crippen LogP contribution in [0.5, 0.6) is 5.88 Å². The molecule has 0 saturated heterocycles. The van der Waals surface area contributed by atoms with Crippen LogP contribution in [0, 0.1) is 11.8 Å². The number of carboxylic acids is 1. The van der Waals surface area contributed by atoms with Crippen LogP contribution in [-0.2, 0) is 4.79 Å². The molecular formula is C23H26ClN3O4. The summed E-state index contributed by atoms with van der Waals surface area (Å²) in [6, 6.07) is 7.85. The fraction of sp³-hybridized carbons (Fsp3) is 0.478. The number of benzene rings is 1. The summed E-state index contributed by atoms with van der Waals surface area (Å²) in [5.74, 6) is -0.407. The largest absolute Gasteiger partial charge is 0.481 e. The molecule has 1 amide bonds. The molecule has 0 radical (unpaired) electrons. The van der Waals surface area contributed by atoms with E-state index in [1.165, 1.54) is 11.9 Å². The van der Waals surface area contributed by atoms with E-state index < -0.39 is 5.97 Å². The maximum atomic E-state index is 13.2. The van der Waals surface area contributed by atoms with Gasteiger partial charge in [-0.15, -0.1) is 0 Å². The Morgan fingerprint density at radius 1 is 1.19 bits per heavy atom. The van der Waals surface area contributed by atoms with Gasteiger partial charge in [0.05, 0.1) is 12.0 Å². The van der Waals surface area contributed by atoms with Crippen LogP contribution < -0.4 is 9.64 Å². The number of aliphatic carboxylic acids is 1. The van der Waals surface area contributed by atoms with E-state index in [1.54, 1.807) is 11.8 Å². The van der Waals surface area contributed by atoms with E-state index in [0.717, 1.165) is 31.4 Å². The standard InChI is InChI=1S/C23H26ClN3O4/c1-13-11-31-21-19(20(24)25-12-26-21)22(28)27(13)18-9-7-17(8-10-18)16-5-3-15(4-6-16)14(2)23(29)30/h7-10,12-16H,3-6,11H2,1-2H3,(H,29,30)/t13-,14?,15-,16-/m0/s1. The molecule has 1 unspecified atom stereocenters. The summed E-state index contributed by atoms with van der Waals surface area (Å²) in [5, 5.41) is 9.34. The second kappa shape index (κ2) is 8.83. The molecule has 1 fully saturated rings. The first-order valence-corrected chi connectivity index (χ1v) is 11.0. The van der Waals surface area contributed by atoms with Gasteiger partial charge in [-0.05, 0) is 62.1 Å². The van der Waals surface area contributed by atoms with Gasteiger partial charge in [0.1, 0.15) is 23.7 Å². The van der Waals surface area contributed by atoms with E-state index in [-0.39, 0.29) is 40.4 Å².